The second kappa shape index (κ2) is 10.7. The van der Waals surface area contributed by atoms with Crippen molar-refractivity contribution in [3.8, 4) is 5.75 Å². The standard InChI is InChI=1S/C25H31NO7/c1-6-32-17-9-7-16(8-10-17)21-20(25(29)33-12-11-30-4)15(3)26-18-13-14(2)19(24(28)31-5)23(27)22(18)21/h7-10,14,19,21,26H,6,11-13H2,1-5H3/t14-,19-,21-/m0/s1. The minimum atomic E-state index is -0.926. The average Bonchev–Trinajstić information content (AvgIpc) is 2.78. The number of esters is 2. The topological polar surface area (TPSA) is 100 Å². The molecule has 1 aliphatic heterocycles. The normalized spacial score (nSPS) is 22.5. The number of nitrogens with one attached hydrogen (secondary N) is 1. The fraction of sp³-hybridized carbons (Fsp3) is 0.480. The van der Waals surface area contributed by atoms with E-state index in [1.54, 1.807) is 19.1 Å². The highest BCUT2D eigenvalue weighted by Gasteiger charge is 2.47. The van der Waals surface area contributed by atoms with Gasteiger partial charge >= 0.3 is 11.9 Å². The van der Waals surface area contributed by atoms with Crippen molar-refractivity contribution in [3.63, 3.8) is 0 Å². The summed E-state index contributed by atoms with van der Waals surface area (Å²) in [6.45, 7) is 6.41. The maximum Gasteiger partial charge on any atom is 0.336 e. The van der Waals surface area contributed by atoms with Gasteiger partial charge in [-0.1, -0.05) is 19.1 Å². The van der Waals surface area contributed by atoms with E-state index in [1.165, 1.54) is 14.2 Å². The van der Waals surface area contributed by atoms with Gasteiger partial charge in [0.25, 0.3) is 0 Å². The van der Waals surface area contributed by atoms with Gasteiger partial charge in [0, 0.05) is 30.0 Å². The third-order valence-electron chi connectivity index (χ3n) is 6.01. The predicted octanol–water partition coefficient (Wildman–Crippen LogP) is 2.89. The third kappa shape index (κ3) is 4.95. The number of Topliss-reactive ketones (excluding diaryl/α,β-unsaturated/α-hetero) is 1. The Labute approximate surface area is 193 Å². The van der Waals surface area contributed by atoms with Crippen LogP contribution in [0.25, 0.3) is 0 Å². The predicted molar refractivity (Wildman–Crippen MR) is 120 cm³/mol. The highest BCUT2D eigenvalue weighted by molar-refractivity contribution is 6.12. The monoisotopic (exact) mass is 457 g/mol. The summed E-state index contributed by atoms with van der Waals surface area (Å²) >= 11 is 0. The van der Waals surface area contributed by atoms with Crippen LogP contribution in [0.3, 0.4) is 0 Å². The molecule has 1 aromatic rings. The van der Waals surface area contributed by atoms with Crippen LogP contribution in [0.4, 0.5) is 0 Å². The van der Waals surface area contributed by atoms with Gasteiger partial charge in [-0.3, -0.25) is 9.59 Å². The largest absolute Gasteiger partial charge is 0.494 e. The minimum Gasteiger partial charge on any atom is -0.494 e. The zero-order valence-corrected chi connectivity index (χ0v) is 19.7. The van der Waals surface area contributed by atoms with Gasteiger partial charge in [-0.2, -0.15) is 0 Å². The summed E-state index contributed by atoms with van der Waals surface area (Å²) in [5.74, 6) is -2.60. The lowest BCUT2D eigenvalue weighted by Gasteiger charge is -2.38. The maximum absolute atomic E-state index is 13.6. The maximum atomic E-state index is 13.6. The summed E-state index contributed by atoms with van der Waals surface area (Å²) in [5, 5.41) is 3.24. The molecule has 0 bridgehead atoms. The average molecular weight is 458 g/mol. The van der Waals surface area contributed by atoms with Crippen LogP contribution in [0.15, 0.2) is 46.8 Å². The van der Waals surface area contributed by atoms with E-state index in [9.17, 15) is 14.4 Å². The molecule has 8 heteroatoms. The van der Waals surface area contributed by atoms with E-state index in [4.69, 9.17) is 18.9 Å². The fourth-order valence-electron chi connectivity index (χ4n) is 4.50. The lowest BCUT2D eigenvalue weighted by atomic mass is 9.69. The molecule has 0 fully saturated rings. The highest BCUT2D eigenvalue weighted by atomic mass is 16.6. The molecule has 2 aliphatic rings. The zero-order chi connectivity index (χ0) is 24.1. The van der Waals surface area contributed by atoms with Gasteiger partial charge in [-0.05, 0) is 43.9 Å². The SMILES string of the molecule is CCOc1ccc([C@H]2C(C(=O)OCCOC)=C(C)NC3=C2C(=O)[C@@H](C(=O)OC)[C@@H](C)C3)cc1. The first-order valence-corrected chi connectivity index (χ1v) is 11.1. The molecule has 3 atom stereocenters. The van der Waals surface area contributed by atoms with Crippen LogP contribution in [0.2, 0.25) is 0 Å². The molecule has 1 aromatic carbocycles. The fourth-order valence-corrected chi connectivity index (χ4v) is 4.50. The number of dihydropyridines is 1. The van der Waals surface area contributed by atoms with E-state index >= 15 is 0 Å². The quantitative estimate of drug-likeness (QED) is 0.361. The number of methoxy groups -OCH3 is 2. The summed E-state index contributed by atoms with van der Waals surface area (Å²) < 4.78 is 20.9. The Bertz CT molecular complexity index is 977. The smallest absolute Gasteiger partial charge is 0.336 e. The molecule has 1 heterocycles. The summed E-state index contributed by atoms with van der Waals surface area (Å²) in [4.78, 5) is 39.2. The number of hydrogen-bond acceptors (Lipinski definition) is 8. The summed E-state index contributed by atoms with van der Waals surface area (Å²) in [5.41, 5.74) is 2.80. The Balaban J connectivity index is 2.10. The highest BCUT2D eigenvalue weighted by Crippen LogP contribution is 2.45. The van der Waals surface area contributed by atoms with Gasteiger partial charge in [0.2, 0.25) is 0 Å². The molecule has 0 radical (unpaired) electrons. The molecular weight excluding hydrogens is 426 g/mol. The molecule has 0 spiro atoms. The van der Waals surface area contributed by atoms with Crippen LogP contribution in [0.5, 0.6) is 5.75 Å². The molecule has 1 aliphatic carbocycles. The van der Waals surface area contributed by atoms with Gasteiger partial charge in [-0.15, -0.1) is 0 Å². The molecule has 0 amide bonds. The van der Waals surface area contributed by atoms with Crippen molar-refractivity contribution >= 4 is 17.7 Å². The third-order valence-corrected chi connectivity index (χ3v) is 6.01. The molecule has 0 saturated heterocycles. The lowest BCUT2D eigenvalue weighted by molar-refractivity contribution is -0.151. The van der Waals surface area contributed by atoms with Crippen LogP contribution in [-0.4, -0.2) is 51.8 Å². The van der Waals surface area contributed by atoms with Gasteiger partial charge in [0.05, 0.1) is 25.9 Å². The molecule has 1 N–H and O–H groups in total. The molecular formula is C25H31NO7. The number of hydrogen-bond donors (Lipinski definition) is 1. The second-order valence-electron chi connectivity index (χ2n) is 8.17. The molecule has 178 valence electrons. The van der Waals surface area contributed by atoms with E-state index in [0.717, 1.165) is 11.3 Å². The molecule has 33 heavy (non-hydrogen) atoms. The van der Waals surface area contributed by atoms with Crippen molar-refractivity contribution in [2.24, 2.45) is 11.8 Å². The van der Waals surface area contributed by atoms with Gasteiger partial charge in [0.15, 0.2) is 5.78 Å². The molecule has 0 aromatic heterocycles. The van der Waals surface area contributed by atoms with Crippen LogP contribution < -0.4 is 10.1 Å². The van der Waals surface area contributed by atoms with Crippen LogP contribution >= 0.6 is 0 Å². The van der Waals surface area contributed by atoms with Gasteiger partial charge < -0.3 is 24.3 Å². The summed E-state index contributed by atoms with van der Waals surface area (Å²) in [6.07, 6.45) is 0.484. The zero-order valence-electron chi connectivity index (χ0n) is 19.7. The van der Waals surface area contributed by atoms with E-state index in [2.05, 4.69) is 5.32 Å². The Hall–Kier alpha value is -3.13. The van der Waals surface area contributed by atoms with Crippen molar-refractivity contribution in [2.75, 3.05) is 34.0 Å². The minimum absolute atomic E-state index is 0.0871. The van der Waals surface area contributed by atoms with E-state index in [1.807, 2.05) is 26.0 Å². The Morgan fingerprint density at radius 2 is 1.82 bits per heavy atom. The number of allylic oxidation sites excluding steroid dienone is 3. The van der Waals surface area contributed by atoms with Crippen LogP contribution in [0.1, 0.15) is 38.7 Å². The Morgan fingerprint density at radius 3 is 2.42 bits per heavy atom. The first kappa shape index (κ1) is 24.5. The molecule has 3 rings (SSSR count). The van der Waals surface area contributed by atoms with Crippen molar-refractivity contribution in [2.45, 2.75) is 33.1 Å². The first-order valence-electron chi connectivity index (χ1n) is 11.1. The van der Waals surface area contributed by atoms with Gasteiger partial charge in [0.1, 0.15) is 18.3 Å². The first-order chi connectivity index (χ1) is 15.8. The number of carbonyl (C=O) groups is 3. The summed E-state index contributed by atoms with van der Waals surface area (Å²) in [6, 6.07) is 7.27. The van der Waals surface area contributed by atoms with E-state index in [-0.39, 0.29) is 24.9 Å². The number of carbonyl (C=O) groups excluding carboxylic acids is 3. The number of rotatable bonds is 8. The molecule has 0 saturated carbocycles. The Morgan fingerprint density at radius 1 is 1.12 bits per heavy atom. The van der Waals surface area contributed by atoms with E-state index < -0.39 is 23.8 Å². The van der Waals surface area contributed by atoms with Crippen molar-refractivity contribution in [1.82, 2.24) is 5.32 Å². The lowest BCUT2D eigenvalue weighted by Crippen LogP contribution is -2.43. The number of ketones is 1. The number of benzene rings is 1. The molecule has 8 nitrogen and oxygen atoms in total. The van der Waals surface area contributed by atoms with Crippen molar-refractivity contribution < 1.29 is 33.3 Å². The van der Waals surface area contributed by atoms with Crippen molar-refractivity contribution in [3.05, 3.63) is 52.4 Å². The second-order valence-corrected chi connectivity index (χ2v) is 8.17. The van der Waals surface area contributed by atoms with Crippen LogP contribution in [-0.2, 0) is 28.6 Å². The summed E-state index contributed by atoms with van der Waals surface area (Å²) in [7, 11) is 2.80. The van der Waals surface area contributed by atoms with Crippen molar-refractivity contribution in [1.29, 1.82) is 0 Å². The number of ether oxygens (including phenoxy) is 4. The van der Waals surface area contributed by atoms with E-state index in [0.29, 0.717) is 35.6 Å². The van der Waals surface area contributed by atoms with Gasteiger partial charge in [-0.25, -0.2) is 4.79 Å². The Kier molecular flexibility index (Phi) is 7.92. The van der Waals surface area contributed by atoms with Crippen LogP contribution in [0, 0.1) is 11.8 Å². The molecule has 0 unspecified atom stereocenters.